The van der Waals surface area contributed by atoms with Crippen molar-refractivity contribution < 1.29 is 0 Å². The third-order valence-electron chi connectivity index (χ3n) is 1.68. The summed E-state index contributed by atoms with van der Waals surface area (Å²) in [5.74, 6) is 1.13. The van der Waals surface area contributed by atoms with E-state index in [-0.39, 0.29) is 11.3 Å². The van der Waals surface area contributed by atoms with Gasteiger partial charge in [0.25, 0.3) is 0 Å². The first-order chi connectivity index (χ1) is 5.40. The van der Waals surface area contributed by atoms with Gasteiger partial charge in [-0.3, -0.25) is 0 Å². The maximum Gasteiger partial charge on any atom is 0.216 e. The first-order valence-corrected chi connectivity index (χ1v) is 5.13. The van der Waals surface area contributed by atoms with E-state index in [0.717, 1.165) is 5.75 Å². The van der Waals surface area contributed by atoms with E-state index >= 15 is 0 Å². The van der Waals surface area contributed by atoms with Crippen LogP contribution in [0.1, 0.15) is 6.92 Å². The van der Waals surface area contributed by atoms with Crippen molar-refractivity contribution in [2.24, 2.45) is 0 Å². The second-order valence-electron chi connectivity index (χ2n) is 2.43. The lowest BCUT2D eigenvalue weighted by molar-refractivity contribution is 1.51. The van der Waals surface area contributed by atoms with Crippen LogP contribution < -0.4 is 9.44 Å². The zero-order chi connectivity index (χ0) is 7.68. The van der Waals surface area contributed by atoms with Crippen LogP contribution in [0.2, 0.25) is 0 Å². The molecule has 2 rings (SSSR count). The van der Waals surface area contributed by atoms with E-state index in [2.05, 4.69) is 40.6 Å². The fourth-order valence-corrected chi connectivity index (χ4v) is 2.32. The van der Waals surface area contributed by atoms with Crippen molar-refractivity contribution in [2.75, 3.05) is 15.2 Å². The molecule has 1 aliphatic rings. The number of hydrogen-bond donors (Lipinski definition) is 2. The minimum atomic E-state index is 0.169. The highest BCUT2D eigenvalue weighted by Crippen LogP contribution is 2.29. The lowest BCUT2D eigenvalue weighted by Gasteiger charge is -1.92. The van der Waals surface area contributed by atoms with Gasteiger partial charge in [-0.1, -0.05) is 12.1 Å². The Morgan fingerprint density at radius 2 is 1.73 bits per heavy atom. The van der Waals surface area contributed by atoms with Crippen molar-refractivity contribution >= 4 is 22.6 Å². The first kappa shape index (κ1) is 6.85. The number of hydrogen-bond acceptors (Lipinski definition) is 2. The molecule has 3 heteroatoms. The van der Waals surface area contributed by atoms with Gasteiger partial charge in [0.1, 0.15) is 11.4 Å². The quantitative estimate of drug-likeness (QED) is 0.625. The second kappa shape index (κ2) is 2.66. The van der Waals surface area contributed by atoms with Gasteiger partial charge in [0.05, 0.1) is 0 Å². The minimum Gasteiger partial charge on any atom is -0.182 e. The van der Waals surface area contributed by atoms with Gasteiger partial charge < -0.3 is 0 Å². The predicted octanol–water partition coefficient (Wildman–Crippen LogP) is 1.99. The molecule has 0 unspecified atom stereocenters. The van der Waals surface area contributed by atoms with E-state index in [1.54, 1.807) is 0 Å². The summed E-state index contributed by atoms with van der Waals surface area (Å²) in [6.07, 6.45) is 0. The number of para-hydroxylation sites is 2. The molecule has 0 atom stereocenters. The summed E-state index contributed by atoms with van der Waals surface area (Å²) in [6.45, 7) is 2.18. The molecule has 11 heavy (non-hydrogen) atoms. The summed E-state index contributed by atoms with van der Waals surface area (Å²) >= 11 is 0.169. The van der Waals surface area contributed by atoms with Crippen LogP contribution in [0.15, 0.2) is 24.3 Å². The van der Waals surface area contributed by atoms with Crippen LogP contribution in [0.4, 0.5) is 11.4 Å². The Morgan fingerprint density at radius 3 is 2.18 bits per heavy atom. The lowest BCUT2D eigenvalue weighted by atomic mass is 10.3. The average molecular weight is 167 g/mol. The maximum atomic E-state index is 3.40. The summed E-state index contributed by atoms with van der Waals surface area (Å²) in [7, 11) is 0. The zero-order valence-corrected chi connectivity index (χ0v) is 7.24. The average Bonchev–Trinajstić information content (AvgIpc) is 2.46. The molecule has 2 nitrogen and oxygen atoms in total. The van der Waals surface area contributed by atoms with Gasteiger partial charge in [0.2, 0.25) is 11.3 Å². The number of anilines is 2. The molecule has 0 amide bonds. The molecule has 2 N–H and O–H groups in total. The fourth-order valence-electron chi connectivity index (χ4n) is 1.10. The molecule has 0 bridgehead atoms. The Kier molecular flexibility index (Phi) is 1.66. The van der Waals surface area contributed by atoms with Crippen LogP contribution in [0, 0.1) is 0 Å². The number of rotatable bonds is 1. The number of benzene rings is 1. The third-order valence-corrected chi connectivity index (χ3v) is 3.19. The first-order valence-electron chi connectivity index (χ1n) is 3.73. The Labute approximate surface area is 69.6 Å². The van der Waals surface area contributed by atoms with Gasteiger partial charge in [0.15, 0.2) is 5.75 Å². The monoisotopic (exact) mass is 167 g/mol. The lowest BCUT2D eigenvalue weighted by Crippen LogP contribution is -2.16. The van der Waals surface area contributed by atoms with E-state index in [1.807, 2.05) is 0 Å². The molecule has 0 fully saturated rings. The number of nitrogens with one attached hydrogen (secondary N) is 2. The molecule has 0 saturated carbocycles. The SMILES string of the molecule is CC[S+]1Nc2ccccc2N1. The van der Waals surface area contributed by atoms with Crippen LogP contribution in [-0.4, -0.2) is 5.75 Å². The van der Waals surface area contributed by atoms with Crippen LogP contribution in [0.5, 0.6) is 0 Å². The van der Waals surface area contributed by atoms with Gasteiger partial charge in [-0.25, -0.2) is 0 Å². The van der Waals surface area contributed by atoms with Crippen molar-refractivity contribution in [3.8, 4) is 0 Å². The summed E-state index contributed by atoms with van der Waals surface area (Å²) in [5.41, 5.74) is 2.47. The molecule has 1 aromatic carbocycles. The van der Waals surface area contributed by atoms with E-state index in [0.29, 0.717) is 0 Å². The molecule has 0 spiro atoms. The predicted molar refractivity (Wildman–Crippen MR) is 51.6 cm³/mol. The Balaban J connectivity index is 2.27. The molecule has 0 aromatic heterocycles. The fraction of sp³-hybridized carbons (Fsp3) is 0.250. The van der Waals surface area contributed by atoms with Crippen LogP contribution in [0.25, 0.3) is 0 Å². The van der Waals surface area contributed by atoms with Crippen LogP contribution in [0.3, 0.4) is 0 Å². The van der Waals surface area contributed by atoms with Crippen LogP contribution >= 0.6 is 0 Å². The highest BCUT2D eigenvalue weighted by atomic mass is 32.2. The van der Waals surface area contributed by atoms with Gasteiger partial charge in [-0.05, 0) is 19.1 Å². The van der Waals surface area contributed by atoms with Gasteiger partial charge in [-0.2, -0.15) is 9.44 Å². The summed E-state index contributed by atoms with van der Waals surface area (Å²) in [6, 6.07) is 8.31. The third kappa shape index (κ3) is 1.16. The molecule has 0 radical (unpaired) electrons. The topological polar surface area (TPSA) is 24.1 Å². The standard InChI is InChI=1S/C8H10N2S/c1-2-11-9-7-5-3-4-6-8(7)10-11/h3-6H,2H2,1H3,(H,9,10)/p+1. The molecule has 1 heterocycles. The van der Waals surface area contributed by atoms with Crippen molar-refractivity contribution in [1.82, 2.24) is 0 Å². The molecule has 1 aliphatic heterocycles. The molecule has 0 saturated heterocycles. The van der Waals surface area contributed by atoms with Crippen molar-refractivity contribution in [3.05, 3.63) is 24.3 Å². The van der Waals surface area contributed by atoms with Gasteiger partial charge >= 0.3 is 0 Å². The Morgan fingerprint density at radius 1 is 1.18 bits per heavy atom. The maximum absolute atomic E-state index is 3.40. The minimum absolute atomic E-state index is 0.169. The Bertz CT molecular complexity index is 237. The van der Waals surface area contributed by atoms with Gasteiger partial charge in [-0.15, -0.1) is 0 Å². The largest absolute Gasteiger partial charge is 0.216 e. The molecule has 58 valence electrons. The second-order valence-corrected chi connectivity index (χ2v) is 4.20. The van der Waals surface area contributed by atoms with E-state index in [1.165, 1.54) is 11.4 Å². The van der Waals surface area contributed by atoms with Crippen molar-refractivity contribution in [3.63, 3.8) is 0 Å². The normalized spacial score (nSPS) is 15.4. The Hall–Kier alpha value is -0.830. The molecular formula is C8H11N2S+. The summed E-state index contributed by atoms with van der Waals surface area (Å²) in [5, 5.41) is 0. The summed E-state index contributed by atoms with van der Waals surface area (Å²) in [4.78, 5) is 0. The van der Waals surface area contributed by atoms with E-state index in [9.17, 15) is 0 Å². The molecular weight excluding hydrogens is 156 g/mol. The zero-order valence-electron chi connectivity index (χ0n) is 6.42. The molecule has 1 aromatic rings. The van der Waals surface area contributed by atoms with Crippen molar-refractivity contribution in [2.45, 2.75) is 6.92 Å². The highest BCUT2D eigenvalue weighted by Gasteiger charge is 2.26. The summed E-state index contributed by atoms with van der Waals surface area (Å²) < 4.78 is 6.80. The van der Waals surface area contributed by atoms with E-state index < -0.39 is 0 Å². The highest BCUT2D eigenvalue weighted by molar-refractivity contribution is 7.99. The van der Waals surface area contributed by atoms with Gasteiger partial charge in [0, 0.05) is 0 Å². The van der Waals surface area contributed by atoms with E-state index in [4.69, 9.17) is 0 Å². The number of fused-ring (bicyclic) bond motifs is 1. The molecule has 0 aliphatic carbocycles. The van der Waals surface area contributed by atoms with Crippen LogP contribution in [-0.2, 0) is 11.3 Å². The smallest absolute Gasteiger partial charge is 0.182 e. The van der Waals surface area contributed by atoms with Crippen molar-refractivity contribution in [1.29, 1.82) is 0 Å².